The van der Waals surface area contributed by atoms with Gasteiger partial charge in [-0.2, -0.15) is 0 Å². The molecule has 2 unspecified atom stereocenters. The molecule has 0 spiro atoms. The molecule has 2 atom stereocenters. The molecule has 3 fully saturated rings. The summed E-state index contributed by atoms with van der Waals surface area (Å²) in [6.07, 6.45) is 4.12. The van der Waals surface area contributed by atoms with Crippen molar-refractivity contribution < 1.29 is 28.3 Å². The highest BCUT2D eigenvalue weighted by Crippen LogP contribution is 2.46. The highest BCUT2D eigenvalue weighted by molar-refractivity contribution is 5.94. The first-order chi connectivity index (χ1) is 18.7. The molecule has 10 nitrogen and oxygen atoms in total. The van der Waals surface area contributed by atoms with Gasteiger partial charge in [-0.3, -0.25) is 19.9 Å². The van der Waals surface area contributed by atoms with Crippen LogP contribution in [0.25, 0.3) is 10.9 Å². The molecule has 3 aromatic rings. The van der Waals surface area contributed by atoms with Gasteiger partial charge in [0.2, 0.25) is 5.43 Å². The Morgan fingerprint density at radius 2 is 2.10 bits per heavy atom. The van der Waals surface area contributed by atoms with Gasteiger partial charge in [-0.15, -0.1) is 0 Å². The quantitative estimate of drug-likeness (QED) is 0.275. The molecule has 0 radical (unpaired) electrons. The third-order valence-corrected chi connectivity index (χ3v) is 7.92. The molecule has 39 heavy (non-hydrogen) atoms. The van der Waals surface area contributed by atoms with Crippen molar-refractivity contribution in [1.29, 1.82) is 0 Å². The Bertz CT molecular complexity index is 1620. The van der Waals surface area contributed by atoms with Gasteiger partial charge in [0.25, 0.3) is 5.69 Å². The van der Waals surface area contributed by atoms with E-state index in [4.69, 9.17) is 4.74 Å². The van der Waals surface area contributed by atoms with E-state index in [9.17, 15) is 24.8 Å². The average Bonchev–Trinajstić information content (AvgIpc) is 3.58. The van der Waals surface area contributed by atoms with Crippen LogP contribution in [-0.2, 0) is 4.74 Å². The Balaban J connectivity index is 1.34. The number of carboxylic acids is 1. The number of anilines is 1. The van der Waals surface area contributed by atoms with E-state index in [-0.39, 0.29) is 40.8 Å². The van der Waals surface area contributed by atoms with Gasteiger partial charge in [0.1, 0.15) is 17.1 Å². The predicted octanol–water partition coefficient (Wildman–Crippen LogP) is 3.79. The summed E-state index contributed by atoms with van der Waals surface area (Å²) in [5.74, 6) is -3.32. The fourth-order valence-corrected chi connectivity index (χ4v) is 5.79. The number of aliphatic imine (C=N–C) groups is 1. The topological polar surface area (TPSA) is 127 Å². The molecule has 0 bridgehead atoms. The van der Waals surface area contributed by atoms with E-state index in [1.807, 2.05) is 0 Å². The molecule has 0 amide bonds. The van der Waals surface area contributed by atoms with Gasteiger partial charge in [0.15, 0.2) is 5.82 Å². The second kappa shape index (κ2) is 9.23. The molecule has 2 aromatic carbocycles. The lowest BCUT2D eigenvalue weighted by molar-refractivity contribution is -0.384. The number of halogens is 2. The Morgan fingerprint density at radius 3 is 2.82 bits per heavy atom. The standard InChI is InChI=1S/C27H24F2N4O6/c28-21-7-19-23(32(17-4-5-17)10-20(25(19)34)26(35)36)22(29)24(21)31-9-16-11-39-14-27(16,13-31)12-30-8-15-2-1-3-18(6-15)33(37)38/h1-3,6-8,10,16-17H,4-5,9,11-14H2,(H,35,36). The van der Waals surface area contributed by atoms with Crippen LogP contribution in [0.15, 0.2) is 46.3 Å². The molecule has 1 aliphatic carbocycles. The zero-order valence-electron chi connectivity index (χ0n) is 20.7. The van der Waals surface area contributed by atoms with Crippen molar-refractivity contribution in [1.82, 2.24) is 4.57 Å². The number of aromatic carboxylic acids is 1. The molecule has 6 rings (SSSR count). The van der Waals surface area contributed by atoms with Crippen molar-refractivity contribution in [2.45, 2.75) is 18.9 Å². The summed E-state index contributed by atoms with van der Waals surface area (Å²) in [5.41, 5.74) is -1.78. The molecular weight excluding hydrogens is 514 g/mol. The van der Waals surface area contributed by atoms with Crippen LogP contribution in [-0.4, -0.2) is 59.6 Å². The van der Waals surface area contributed by atoms with Crippen molar-refractivity contribution in [3.05, 3.63) is 79.6 Å². The molecule has 202 valence electrons. The number of carbonyl (C=O) groups is 1. The first kappa shape index (κ1) is 25.1. The van der Waals surface area contributed by atoms with E-state index in [1.54, 1.807) is 23.2 Å². The van der Waals surface area contributed by atoms with Crippen molar-refractivity contribution in [3.8, 4) is 0 Å². The van der Waals surface area contributed by atoms with Crippen LogP contribution in [0.2, 0.25) is 0 Å². The van der Waals surface area contributed by atoms with E-state index in [2.05, 4.69) is 4.99 Å². The van der Waals surface area contributed by atoms with Crippen molar-refractivity contribution in [2.75, 3.05) is 37.7 Å². The number of hydrogen-bond donors (Lipinski definition) is 1. The summed E-state index contributed by atoms with van der Waals surface area (Å²) in [7, 11) is 0. The number of aromatic nitrogens is 1. The van der Waals surface area contributed by atoms with Crippen molar-refractivity contribution in [2.24, 2.45) is 16.3 Å². The molecule has 3 aliphatic rings. The number of fused-ring (bicyclic) bond motifs is 2. The second-order valence-corrected chi connectivity index (χ2v) is 10.5. The second-order valence-electron chi connectivity index (χ2n) is 10.5. The monoisotopic (exact) mass is 538 g/mol. The summed E-state index contributed by atoms with van der Waals surface area (Å²) in [6.45, 7) is 1.60. The minimum Gasteiger partial charge on any atom is -0.477 e. The number of ether oxygens (including phenoxy) is 1. The van der Waals surface area contributed by atoms with Crippen LogP contribution in [0, 0.1) is 33.1 Å². The number of non-ortho nitro benzene ring substituents is 1. The predicted molar refractivity (Wildman–Crippen MR) is 138 cm³/mol. The van der Waals surface area contributed by atoms with Gasteiger partial charge >= 0.3 is 5.97 Å². The molecule has 12 heteroatoms. The fourth-order valence-electron chi connectivity index (χ4n) is 5.79. The Labute approximate surface area is 220 Å². The van der Waals surface area contributed by atoms with E-state index < -0.39 is 38.9 Å². The molecule has 1 N–H and O–H groups in total. The normalized spacial score (nSPS) is 22.6. The maximum absolute atomic E-state index is 16.1. The van der Waals surface area contributed by atoms with Crippen LogP contribution in [0.3, 0.4) is 0 Å². The first-order valence-electron chi connectivity index (χ1n) is 12.6. The maximum atomic E-state index is 16.1. The van der Waals surface area contributed by atoms with Gasteiger partial charge in [-0.25, -0.2) is 13.6 Å². The molecule has 2 aliphatic heterocycles. The van der Waals surface area contributed by atoms with Gasteiger partial charge in [-0.1, -0.05) is 12.1 Å². The number of pyridine rings is 1. The zero-order chi connectivity index (χ0) is 27.5. The van der Waals surface area contributed by atoms with Crippen LogP contribution in [0.5, 0.6) is 0 Å². The summed E-state index contributed by atoms with van der Waals surface area (Å²) in [6, 6.07) is 6.87. The third kappa shape index (κ3) is 4.24. The largest absolute Gasteiger partial charge is 0.477 e. The fraction of sp³-hybridized carbons (Fsp3) is 0.370. The summed E-state index contributed by atoms with van der Waals surface area (Å²) in [4.78, 5) is 41.1. The molecule has 2 saturated heterocycles. The van der Waals surface area contributed by atoms with E-state index in [1.165, 1.54) is 16.7 Å². The third-order valence-electron chi connectivity index (χ3n) is 7.92. The molecular formula is C27H24F2N4O6. The number of carboxylic acid groups (broad SMARTS) is 1. The van der Waals surface area contributed by atoms with Crippen molar-refractivity contribution in [3.63, 3.8) is 0 Å². The minimum absolute atomic E-state index is 0.0476. The summed E-state index contributed by atoms with van der Waals surface area (Å²) in [5, 5.41) is 20.2. The highest BCUT2D eigenvalue weighted by atomic mass is 19.1. The van der Waals surface area contributed by atoms with Crippen LogP contribution < -0.4 is 10.3 Å². The van der Waals surface area contributed by atoms with E-state index in [0.717, 1.165) is 12.3 Å². The average molecular weight is 539 g/mol. The molecule has 1 aromatic heterocycles. The number of rotatable bonds is 7. The van der Waals surface area contributed by atoms with E-state index >= 15 is 8.78 Å². The van der Waals surface area contributed by atoms with Gasteiger partial charge in [0, 0.05) is 61.6 Å². The van der Waals surface area contributed by atoms with Gasteiger partial charge in [0.05, 0.1) is 29.0 Å². The highest BCUT2D eigenvalue weighted by Gasteiger charge is 2.51. The Kier molecular flexibility index (Phi) is 5.94. The van der Waals surface area contributed by atoms with Crippen LogP contribution in [0.4, 0.5) is 20.2 Å². The Hall–Kier alpha value is -4.19. The number of benzene rings is 2. The molecule has 1 saturated carbocycles. The Morgan fingerprint density at radius 1 is 1.31 bits per heavy atom. The van der Waals surface area contributed by atoms with Gasteiger partial charge < -0.3 is 19.3 Å². The molecule has 3 heterocycles. The lowest BCUT2D eigenvalue weighted by Crippen LogP contribution is -2.34. The first-order valence-corrected chi connectivity index (χ1v) is 12.6. The number of nitro benzene ring substituents is 1. The smallest absolute Gasteiger partial charge is 0.341 e. The van der Waals surface area contributed by atoms with Crippen LogP contribution >= 0.6 is 0 Å². The SMILES string of the molecule is O=C(O)c1cn(C2CC2)c2c(F)c(N3CC4COCC4(CN=Cc4cccc([N+](=O)[O-])c4)C3)c(F)cc2c1=O. The summed E-state index contributed by atoms with van der Waals surface area (Å²) >= 11 is 0. The maximum Gasteiger partial charge on any atom is 0.341 e. The number of nitro groups is 1. The number of nitrogens with zero attached hydrogens (tertiary/aromatic N) is 4. The lowest BCUT2D eigenvalue weighted by Gasteiger charge is -2.27. The minimum atomic E-state index is -1.44. The zero-order valence-corrected chi connectivity index (χ0v) is 20.7. The van der Waals surface area contributed by atoms with Crippen molar-refractivity contribution >= 4 is 34.5 Å². The number of hydrogen-bond acceptors (Lipinski definition) is 7. The van der Waals surface area contributed by atoms with Crippen LogP contribution in [0.1, 0.15) is 34.8 Å². The van der Waals surface area contributed by atoms with E-state index in [0.29, 0.717) is 44.7 Å². The van der Waals surface area contributed by atoms with Gasteiger partial charge in [-0.05, 0) is 24.5 Å². The summed E-state index contributed by atoms with van der Waals surface area (Å²) < 4.78 is 38.8. The lowest BCUT2D eigenvalue weighted by atomic mass is 9.81.